The van der Waals surface area contributed by atoms with Gasteiger partial charge in [-0.3, -0.25) is 4.79 Å². The van der Waals surface area contributed by atoms with Gasteiger partial charge in [0.05, 0.1) is 7.57 Å². The average molecular weight is 390 g/mol. The van der Waals surface area contributed by atoms with E-state index in [9.17, 15) is 4.79 Å². The van der Waals surface area contributed by atoms with Gasteiger partial charge >= 0.3 is 0 Å². The molecule has 0 N–H and O–H groups in total. The van der Waals surface area contributed by atoms with Crippen LogP contribution in [0, 0.1) is 6.92 Å². The van der Waals surface area contributed by atoms with Gasteiger partial charge in [-0.05, 0) is 57.0 Å². The third-order valence-corrected chi connectivity index (χ3v) is 4.69. The molecule has 0 saturated heterocycles. The summed E-state index contributed by atoms with van der Waals surface area (Å²) in [5, 5.41) is 0. The SMILES string of the molecule is Cc1ccc(OCC(=O)c2cc(Br)sc2Br)cc1. The smallest absolute Gasteiger partial charge is 0.202 e. The van der Waals surface area contributed by atoms with Gasteiger partial charge in [0.15, 0.2) is 6.61 Å². The van der Waals surface area contributed by atoms with Gasteiger partial charge in [-0.1, -0.05) is 17.7 Å². The maximum Gasteiger partial charge on any atom is 0.202 e. The number of hydrogen-bond acceptors (Lipinski definition) is 3. The monoisotopic (exact) mass is 388 g/mol. The lowest BCUT2D eigenvalue weighted by molar-refractivity contribution is 0.0921. The summed E-state index contributed by atoms with van der Waals surface area (Å²) in [6.07, 6.45) is 0. The third kappa shape index (κ3) is 3.43. The first-order chi connectivity index (χ1) is 8.56. The highest BCUT2D eigenvalue weighted by molar-refractivity contribution is 9.12. The molecule has 0 saturated carbocycles. The Bertz CT molecular complexity index is 561. The first-order valence-electron chi connectivity index (χ1n) is 5.24. The number of ketones is 1. The van der Waals surface area contributed by atoms with Crippen LogP contribution in [-0.2, 0) is 0 Å². The number of Topliss-reactive ketones (excluding diaryl/α,β-unsaturated/α-hetero) is 1. The topological polar surface area (TPSA) is 26.3 Å². The van der Waals surface area contributed by atoms with Gasteiger partial charge < -0.3 is 4.74 Å². The second-order valence-corrected chi connectivity index (χ2v) is 7.51. The summed E-state index contributed by atoms with van der Waals surface area (Å²) in [5.74, 6) is 0.670. The lowest BCUT2D eigenvalue weighted by Gasteiger charge is -2.05. The van der Waals surface area contributed by atoms with Gasteiger partial charge in [0.2, 0.25) is 5.78 Å². The molecule has 0 amide bonds. The minimum Gasteiger partial charge on any atom is -0.485 e. The number of thiophene rings is 1. The quantitative estimate of drug-likeness (QED) is 0.699. The summed E-state index contributed by atoms with van der Waals surface area (Å²) in [6, 6.07) is 9.44. The highest BCUT2D eigenvalue weighted by Crippen LogP contribution is 2.32. The lowest BCUT2D eigenvalue weighted by atomic mass is 10.2. The Balaban J connectivity index is 2.00. The van der Waals surface area contributed by atoms with Crippen molar-refractivity contribution in [2.24, 2.45) is 0 Å². The highest BCUT2D eigenvalue weighted by atomic mass is 79.9. The molecule has 0 unspecified atom stereocenters. The molecule has 0 radical (unpaired) electrons. The van der Waals surface area contributed by atoms with Gasteiger partial charge in [-0.2, -0.15) is 0 Å². The fourth-order valence-electron chi connectivity index (χ4n) is 1.39. The molecule has 0 aliphatic carbocycles. The minimum absolute atomic E-state index is 0.0376. The molecule has 0 atom stereocenters. The number of ether oxygens (including phenoxy) is 1. The Morgan fingerprint density at radius 2 is 1.94 bits per heavy atom. The van der Waals surface area contributed by atoms with Crippen LogP contribution < -0.4 is 4.74 Å². The Morgan fingerprint density at radius 3 is 2.50 bits per heavy atom. The molecule has 18 heavy (non-hydrogen) atoms. The van der Waals surface area contributed by atoms with E-state index in [0.717, 1.165) is 13.1 Å². The van der Waals surface area contributed by atoms with Gasteiger partial charge in [0.1, 0.15) is 5.75 Å². The van der Waals surface area contributed by atoms with Crippen molar-refractivity contribution >= 4 is 49.0 Å². The molecular formula is C13H10Br2O2S. The molecule has 1 heterocycles. The third-order valence-electron chi connectivity index (χ3n) is 2.35. The number of carbonyl (C=O) groups is 1. The van der Waals surface area contributed by atoms with Crippen LogP contribution in [0.5, 0.6) is 5.75 Å². The summed E-state index contributed by atoms with van der Waals surface area (Å²) in [6.45, 7) is 2.06. The fraction of sp³-hybridized carbons (Fsp3) is 0.154. The lowest BCUT2D eigenvalue weighted by Crippen LogP contribution is -2.11. The van der Waals surface area contributed by atoms with Crippen molar-refractivity contribution in [2.75, 3.05) is 6.61 Å². The second kappa shape index (κ2) is 5.99. The van der Waals surface area contributed by atoms with Crippen LogP contribution in [0.1, 0.15) is 15.9 Å². The zero-order chi connectivity index (χ0) is 13.1. The van der Waals surface area contributed by atoms with E-state index in [-0.39, 0.29) is 12.4 Å². The summed E-state index contributed by atoms with van der Waals surface area (Å²) in [4.78, 5) is 11.9. The highest BCUT2D eigenvalue weighted by Gasteiger charge is 2.14. The largest absolute Gasteiger partial charge is 0.485 e. The first-order valence-corrected chi connectivity index (χ1v) is 7.64. The van der Waals surface area contributed by atoms with Crippen molar-refractivity contribution in [2.45, 2.75) is 6.92 Å². The zero-order valence-electron chi connectivity index (χ0n) is 9.57. The molecule has 0 fully saturated rings. The molecule has 5 heteroatoms. The van der Waals surface area contributed by atoms with E-state index < -0.39 is 0 Å². The molecule has 0 aliphatic rings. The van der Waals surface area contributed by atoms with E-state index in [4.69, 9.17) is 4.74 Å². The maximum absolute atomic E-state index is 11.9. The minimum atomic E-state index is -0.0376. The van der Waals surface area contributed by atoms with Crippen LogP contribution >= 0.6 is 43.2 Å². The van der Waals surface area contributed by atoms with Gasteiger partial charge in [-0.25, -0.2) is 0 Å². The molecule has 0 spiro atoms. The summed E-state index contributed by atoms with van der Waals surface area (Å²) >= 11 is 8.19. The Morgan fingerprint density at radius 1 is 1.28 bits per heavy atom. The Hall–Kier alpha value is -0.650. The Labute approximate surface area is 126 Å². The van der Waals surface area contributed by atoms with Crippen LogP contribution in [0.25, 0.3) is 0 Å². The van der Waals surface area contributed by atoms with E-state index in [1.807, 2.05) is 31.2 Å². The van der Waals surface area contributed by atoms with Crippen molar-refractivity contribution in [3.63, 3.8) is 0 Å². The predicted molar refractivity (Wildman–Crippen MR) is 80.7 cm³/mol. The van der Waals surface area contributed by atoms with E-state index in [0.29, 0.717) is 11.3 Å². The van der Waals surface area contributed by atoms with Crippen molar-refractivity contribution in [3.8, 4) is 5.75 Å². The standard InChI is InChI=1S/C13H10Br2O2S/c1-8-2-4-9(5-3-8)17-7-11(16)10-6-12(14)18-13(10)15/h2-6H,7H2,1H3. The predicted octanol–water partition coefficient (Wildman–Crippen LogP) is 4.84. The molecule has 0 bridgehead atoms. The molecule has 94 valence electrons. The van der Waals surface area contributed by atoms with Gasteiger partial charge in [0, 0.05) is 5.56 Å². The molecule has 1 aromatic carbocycles. The fourth-order valence-corrected chi connectivity index (χ4v) is 4.25. The first kappa shape index (κ1) is 13.8. The number of halogens is 2. The van der Waals surface area contributed by atoms with Crippen LogP contribution in [0.3, 0.4) is 0 Å². The van der Waals surface area contributed by atoms with E-state index in [1.54, 1.807) is 6.07 Å². The second-order valence-electron chi connectivity index (χ2n) is 3.76. The summed E-state index contributed by atoms with van der Waals surface area (Å²) in [7, 11) is 0. The number of aryl methyl sites for hydroxylation is 1. The molecule has 2 rings (SSSR count). The summed E-state index contributed by atoms with van der Waals surface area (Å²) < 4.78 is 7.21. The number of carbonyl (C=O) groups excluding carboxylic acids is 1. The van der Waals surface area contributed by atoms with Crippen LogP contribution in [0.15, 0.2) is 37.9 Å². The van der Waals surface area contributed by atoms with Crippen LogP contribution in [0.2, 0.25) is 0 Å². The van der Waals surface area contributed by atoms with Crippen molar-refractivity contribution in [3.05, 3.63) is 49.0 Å². The van der Waals surface area contributed by atoms with Crippen LogP contribution in [0.4, 0.5) is 0 Å². The van der Waals surface area contributed by atoms with Crippen molar-refractivity contribution < 1.29 is 9.53 Å². The van der Waals surface area contributed by atoms with Crippen LogP contribution in [-0.4, -0.2) is 12.4 Å². The molecule has 2 nitrogen and oxygen atoms in total. The molecule has 2 aromatic rings. The summed E-state index contributed by atoms with van der Waals surface area (Å²) in [5.41, 5.74) is 1.82. The molecular weight excluding hydrogens is 380 g/mol. The molecule has 1 aromatic heterocycles. The number of benzene rings is 1. The van der Waals surface area contributed by atoms with E-state index in [2.05, 4.69) is 31.9 Å². The normalized spacial score (nSPS) is 10.4. The maximum atomic E-state index is 11.9. The zero-order valence-corrected chi connectivity index (χ0v) is 13.6. The Kier molecular flexibility index (Phi) is 4.59. The average Bonchev–Trinajstić information content (AvgIpc) is 2.67. The number of rotatable bonds is 4. The van der Waals surface area contributed by atoms with Gasteiger partial charge in [-0.15, -0.1) is 11.3 Å². The van der Waals surface area contributed by atoms with E-state index in [1.165, 1.54) is 11.3 Å². The molecule has 0 aliphatic heterocycles. The van der Waals surface area contributed by atoms with E-state index >= 15 is 0 Å². The van der Waals surface area contributed by atoms with Crippen molar-refractivity contribution in [1.82, 2.24) is 0 Å². The van der Waals surface area contributed by atoms with Gasteiger partial charge in [0.25, 0.3) is 0 Å². The van der Waals surface area contributed by atoms with Crippen molar-refractivity contribution in [1.29, 1.82) is 0 Å². The number of hydrogen-bond donors (Lipinski definition) is 0.